The quantitative estimate of drug-likeness (QED) is 0.806. The number of aromatic nitrogens is 2. The van der Waals surface area contributed by atoms with Gasteiger partial charge in [-0.25, -0.2) is 9.36 Å². The van der Waals surface area contributed by atoms with E-state index in [0.29, 0.717) is 12.0 Å². The first-order valence-corrected chi connectivity index (χ1v) is 9.41. The Morgan fingerprint density at radius 1 is 1.52 bits per heavy atom. The average Bonchev–Trinajstić information content (AvgIpc) is 2.85. The molecule has 0 radical (unpaired) electrons. The van der Waals surface area contributed by atoms with E-state index in [1.165, 1.54) is 17.9 Å². The molecule has 0 saturated carbocycles. The molecular formula is C11H15N2O6PS. The highest BCUT2D eigenvalue weighted by molar-refractivity contribution is 8.55. The summed E-state index contributed by atoms with van der Waals surface area (Å²) in [6.45, 7) is -1.34. The summed E-state index contributed by atoms with van der Waals surface area (Å²) >= 11 is 1.11. The molecule has 0 bridgehead atoms. The first-order chi connectivity index (χ1) is 9.92. The van der Waals surface area contributed by atoms with Gasteiger partial charge in [0.15, 0.2) is 0 Å². The second-order valence-corrected chi connectivity index (χ2v) is 9.22. The number of nitrogens with zero attached hydrogens (tertiary/aromatic N) is 1. The van der Waals surface area contributed by atoms with Gasteiger partial charge in [-0.05, 0) is 18.3 Å². The Bertz CT molecular complexity index is 715. The van der Waals surface area contributed by atoms with E-state index in [0.717, 1.165) is 11.4 Å². The molecule has 1 aromatic rings. The number of hydrogen-bond acceptors (Lipinski definition) is 7. The van der Waals surface area contributed by atoms with Crippen LogP contribution in [0.25, 0.3) is 0 Å². The SMILES string of the molecule is COP1(=O)OC[C@H]2O[C@@H](n3cc(C)c(=O)[nH]c3=O)C[C@H]2S1. The van der Waals surface area contributed by atoms with Crippen molar-refractivity contribution in [1.82, 2.24) is 9.55 Å². The van der Waals surface area contributed by atoms with Gasteiger partial charge in [0.1, 0.15) is 6.23 Å². The van der Waals surface area contributed by atoms with Crippen molar-refractivity contribution in [3.63, 3.8) is 0 Å². The van der Waals surface area contributed by atoms with Crippen LogP contribution in [-0.2, 0) is 18.3 Å². The van der Waals surface area contributed by atoms with E-state index in [1.54, 1.807) is 6.92 Å². The van der Waals surface area contributed by atoms with Crippen molar-refractivity contribution in [3.8, 4) is 0 Å². The van der Waals surface area contributed by atoms with Gasteiger partial charge in [0.05, 0.1) is 12.7 Å². The Balaban J connectivity index is 1.85. The summed E-state index contributed by atoms with van der Waals surface area (Å²) in [7, 11) is 1.34. The Hall–Kier alpha value is -0.860. The third kappa shape index (κ3) is 2.76. The van der Waals surface area contributed by atoms with Gasteiger partial charge in [-0.15, -0.1) is 0 Å². The maximum Gasteiger partial charge on any atom is 0.389 e. The Labute approximate surface area is 124 Å². The lowest BCUT2D eigenvalue weighted by atomic mass is 10.2. The number of ether oxygens (including phenoxy) is 1. The van der Waals surface area contributed by atoms with Crippen LogP contribution < -0.4 is 11.2 Å². The number of aromatic amines is 1. The fourth-order valence-electron chi connectivity index (χ4n) is 2.39. The molecular weight excluding hydrogens is 319 g/mol. The molecule has 0 aliphatic carbocycles. The smallest absolute Gasteiger partial charge is 0.351 e. The van der Waals surface area contributed by atoms with Crippen molar-refractivity contribution in [2.75, 3.05) is 13.7 Å². The van der Waals surface area contributed by atoms with Gasteiger partial charge in [-0.2, -0.15) is 0 Å². The van der Waals surface area contributed by atoms with Gasteiger partial charge in [0.25, 0.3) is 5.56 Å². The Kier molecular flexibility index (Phi) is 3.87. The van der Waals surface area contributed by atoms with Gasteiger partial charge in [0.2, 0.25) is 0 Å². The number of rotatable bonds is 2. The highest BCUT2D eigenvalue weighted by atomic mass is 32.7. The maximum atomic E-state index is 12.1. The summed E-state index contributed by atoms with van der Waals surface area (Å²) in [5, 5.41) is -0.0753. The molecule has 1 N–H and O–H groups in total. The first-order valence-electron chi connectivity index (χ1n) is 6.38. The number of fused-ring (bicyclic) bond motifs is 1. The van der Waals surface area contributed by atoms with Gasteiger partial charge >= 0.3 is 12.5 Å². The molecule has 0 spiro atoms. The first kappa shape index (κ1) is 15.1. The van der Waals surface area contributed by atoms with E-state index in [9.17, 15) is 14.2 Å². The second-order valence-electron chi connectivity index (χ2n) is 4.91. The highest BCUT2D eigenvalue weighted by Crippen LogP contribution is 2.67. The van der Waals surface area contributed by atoms with Crippen molar-refractivity contribution in [1.29, 1.82) is 0 Å². The zero-order chi connectivity index (χ0) is 15.2. The molecule has 0 aromatic carbocycles. The number of hydrogen-bond donors (Lipinski definition) is 1. The molecule has 1 unspecified atom stereocenters. The highest BCUT2D eigenvalue weighted by Gasteiger charge is 2.47. The van der Waals surface area contributed by atoms with Crippen molar-refractivity contribution >= 4 is 18.2 Å². The van der Waals surface area contributed by atoms with Crippen LogP contribution >= 0.6 is 18.2 Å². The molecule has 116 valence electrons. The molecule has 8 nitrogen and oxygen atoms in total. The Morgan fingerprint density at radius 2 is 2.29 bits per heavy atom. The summed E-state index contributed by atoms with van der Waals surface area (Å²) in [6.07, 6.45) is 1.21. The van der Waals surface area contributed by atoms with Crippen molar-refractivity contribution < 1.29 is 18.3 Å². The molecule has 2 aliphatic rings. The van der Waals surface area contributed by atoms with E-state index in [2.05, 4.69) is 4.98 Å². The van der Waals surface area contributed by atoms with Gasteiger partial charge in [0, 0.05) is 30.5 Å². The molecule has 3 rings (SSSR count). The molecule has 10 heteroatoms. The lowest BCUT2D eigenvalue weighted by molar-refractivity contribution is -0.0216. The van der Waals surface area contributed by atoms with Crippen molar-refractivity contribution in [2.24, 2.45) is 0 Å². The molecule has 21 heavy (non-hydrogen) atoms. The summed E-state index contributed by atoms with van der Waals surface area (Å²) in [5.41, 5.74) is -0.497. The summed E-state index contributed by atoms with van der Waals surface area (Å²) in [6, 6.07) is 0. The summed E-state index contributed by atoms with van der Waals surface area (Å²) < 4.78 is 29.4. The summed E-state index contributed by atoms with van der Waals surface area (Å²) in [5.74, 6) is 0. The van der Waals surface area contributed by atoms with Crippen molar-refractivity contribution in [2.45, 2.75) is 30.9 Å². The van der Waals surface area contributed by atoms with Crippen LogP contribution in [-0.4, -0.2) is 34.6 Å². The number of aryl methyl sites for hydroxylation is 1. The molecule has 1 aromatic heterocycles. The van der Waals surface area contributed by atoms with E-state index in [1.807, 2.05) is 0 Å². The van der Waals surface area contributed by atoms with E-state index in [4.69, 9.17) is 13.8 Å². The lowest BCUT2D eigenvalue weighted by Gasteiger charge is -2.28. The van der Waals surface area contributed by atoms with Gasteiger partial charge < -0.3 is 9.26 Å². The largest absolute Gasteiger partial charge is 0.389 e. The van der Waals surface area contributed by atoms with Crippen LogP contribution in [0.15, 0.2) is 15.8 Å². The predicted octanol–water partition coefficient (Wildman–Crippen LogP) is 1.02. The summed E-state index contributed by atoms with van der Waals surface area (Å²) in [4.78, 5) is 25.5. The minimum Gasteiger partial charge on any atom is -0.351 e. The zero-order valence-electron chi connectivity index (χ0n) is 11.5. The fourth-order valence-corrected chi connectivity index (χ4v) is 6.12. The second kappa shape index (κ2) is 5.40. The fraction of sp³-hybridized carbons (Fsp3) is 0.636. The molecule has 2 saturated heterocycles. The van der Waals surface area contributed by atoms with Crippen LogP contribution in [0.2, 0.25) is 0 Å². The molecule has 2 fully saturated rings. The van der Waals surface area contributed by atoms with Crippen LogP contribution in [0, 0.1) is 6.92 Å². The topological polar surface area (TPSA) is 99.6 Å². The maximum absolute atomic E-state index is 12.1. The normalized spacial score (nSPS) is 35.6. The average molecular weight is 334 g/mol. The molecule has 0 amide bonds. The van der Waals surface area contributed by atoms with Crippen LogP contribution in [0.4, 0.5) is 0 Å². The third-order valence-electron chi connectivity index (χ3n) is 3.52. The molecule has 2 aliphatic heterocycles. The zero-order valence-corrected chi connectivity index (χ0v) is 13.2. The van der Waals surface area contributed by atoms with Crippen molar-refractivity contribution in [3.05, 3.63) is 32.6 Å². The Morgan fingerprint density at radius 3 is 3.00 bits per heavy atom. The van der Waals surface area contributed by atoms with Crippen LogP contribution in [0.5, 0.6) is 0 Å². The number of H-pyrrole nitrogens is 1. The van der Waals surface area contributed by atoms with E-state index >= 15 is 0 Å². The minimum absolute atomic E-state index is 0.0753. The monoisotopic (exact) mass is 334 g/mol. The lowest BCUT2D eigenvalue weighted by Crippen LogP contribution is -2.33. The standard InChI is InChI=1S/C11H15N2O6PS/c1-6-4-13(11(15)12-10(6)14)9-3-8-7(19-9)5-18-20(16,17-2)21-8/h4,7-9H,3,5H2,1-2H3,(H,12,14,15)/t7-,8-,9-,20?/m1/s1. The van der Waals surface area contributed by atoms with Crippen LogP contribution in [0.1, 0.15) is 18.2 Å². The van der Waals surface area contributed by atoms with Gasteiger partial charge in [-0.1, -0.05) is 0 Å². The molecule has 3 heterocycles. The third-order valence-corrected chi connectivity index (χ3v) is 7.81. The van der Waals surface area contributed by atoms with Gasteiger partial charge in [-0.3, -0.25) is 18.9 Å². The molecule has 4 atom stereocenters. The van der Waals surface area contributed by atoms with Crippen LogP contribution in [0.3, 0.4) is 0 Å². The number of nitrogens with one attached hydrogen (secondary N) is 1. The van der Waals surface area contributed by atoms with E-state index in [-0.39, 0.29) is 18.0 Å². The minimum atomic E-state index is -3.12. The predicted molar refractivity (Wildman–Crippen MR) is 76.5 cm³/mol. The van der Waals surface area contributed by atoms with E-state index < -0.39 is 24.3 Å².